The van der Waals surface area contributed by atoms with Crippen LogP contribution in [0.25, 0.3) is 0 Å². The lowest BCUT2D eigenvalue weighted by Gasteiger charge is -2.10. The van der Waals surface area contributed by atoms with Crippen molar-refractivity contribution in [2.24, 2.45) is 0 Å². The van der Waals surface area contributed by atoms with E-state index in [4.69, 9.17) is 0 Å². The number of hydrogen-bond donors (Lipinski definition) is 2. The first-order valence-electron chi connectivity index (χ1n) is 6.97. The lowest BCUT2D eigenvalue weighted by Crippen LogP contribution is -2.14. The van der Waals surface area contributed by atoms with Crippen LogP contribution in [0.15, 0.2) is 24.3 Å². The molecular formula is C16H20N4O. The molecule has 0 aliphatic carbocycles. The monoisotopic (exact) mass is 284 g/mol. The molecule has 2 rings (SSSR count). The number of carbonyl (C=O) groups excluding carboxylic acids is 1. The van der Waals surface area contributed by atoms with Crippen molar-refractivity contribution >= 4 is 17.4 Å². The van der Waals surface area contributed by atoms with Gasteiger partial charge in [-0.3, -0.25) is 9.78 Å². The minimum atomic E-state index is -0.155. The van der Waals surface area contributed by atoms with E-state index in [-0.39, 0.29) is 5.91 Å². The third kappa shape index (κ3) is 3.56. The SMILES string of the molecule is CCc1cc(C(=O)Nc2ccc(C)nc2C)cc(NC)n1. The third-order valence-corrected chi connectivity index (χ3v) is 3.23. The van der Waals surface area contributed by atoms with Crippen molar-refractivity contribution in [2.75, 3.05) is 17.7 Å². The summed E-state index contributed by atoms with van der Waals surface area (Å²) >= 11 is 0. The fourth-order valence-electron chi connectivity index (χ4n) is 2.04. The van der Waals surface area contributed by atoms with Gasteiger partial charge >= 0.3 is 0 Å². The molecule has 2 aromatic heterocycles. The second kappa shape index (κ2) is 6.35. The average molecular weight is 284 g/mol. The van der Waals surface area contributed by atoms with Gasteiger partial charge in [-0.1, -0.05) is 6.92 Å². The van der Waals surface area contributed by atoms with E-state index < -0.39 is 0 Å². The van der Waals surface area contributed by atoms with Gasteiger partial charge in [0.25, 0.3) is 5.91 Å². The number of amides is 1. The quantitative estimate of drug-likeness (QED) is 0.906. The van der Waals surface area contributed by atoms with Crippen molar-refractivity contribution in [3.05, 3.63) is 46.9 Å². The minimum Gasteiger partial charge on any atom is -0.373 e. The van der Waals surface area contributed by atoms with E-state index in [2.05, 4.69) is 20.6 Å². The molecule has 0 saturated heterocycles. The zero-order valence-electron chi connectivity index (χ0n) is 12.8. The van der Waals surface area contributed by atoms with Crippen LogP contribution in [0.2, 0.25) is 0 Å². The van der Waals surface area contributed by atoms with E-state index in [1.54, 1.807) is 13.1 Å². The Morgan fingerprint density at radius 1 is 1.19 bits per heavy atom. The van der Waals surface area contributed by atoms with E-state index >= 15 is 0 Å². The molecule has 21 heavy (non-hydrogen) atoms. The Morgan fingerprint density at radius 2 is 1.95 bits per heavy atom. The molecule has 0 atom stereocenters. The summed E-state index contributed by atoms with van der Waals surface area (Å²) in [7, 11) is 1.79. The number of aryl methyl sites for hydroxylation is 3. The number of hydrogen-bond acceptors (Lipinski definition) is 4. The first kappa shape index (κ1) is 15.0. The third-order valence-electron chi connectivity index (χ3n) is 3.23. The van der Waals surface area contributed by atoms with Crippen LogP contribution in [0.4, 0.5) is 11.5 Å². The maximum atomic E-state index is 12.4. The van der Waals surface area contributed by atoms with E-state index in [1.807, 2.05) is 39.0 Å². The average Bonchev–Trinajstić information content (AvgIpc) is 2.49. The largest absolute Gasteiger partial charge is 0.373 e. The van der Waals surface area contributed by atoms with Gasteiger partial charge in [-0.15, -0.1) is 0 Å². The van der Waals surface area contributed by atoms with Gasteiger partial charge < -0.3 is 10.6 Å². The first-order valence-corrected chi connectivity index (χ1v) is 6.97. The number of anilines is 2. The van der Waals surface area contributed by atoms with Crippen molar-refractivity contribution < 1.29 is 4.79 Å². The molecule has 0 saturated carbocycles. The van der Waals surface area contributed by atoms with Crippen molar-refractivity contribution in [2.45, 2.75) is 27.2 Å². The van der Waals surface area contributed by atoms with E-state index in [0.29, 0.717) is 11.4 Å². The highest BCUT2D eigenvalue weighted by Crippen LogP contribution is 2.16. The predicted octanol–water partition coefficient (Wildman–Crippen LogP) is 2.95. The number of nitrogens with zero attached hydrogens (tertiary/aromatic N) is 2. The molecule has 2 heterocycles. The standard InChI is InChI=1S/C16H20N4O/c1-5-13-8-12(9-15(17-4)19-13)16(21)20-14-7-6-10(2)18-11(14)3/h6-9H,5H2,1-4H3,(H,17,19)(H,20,21). The molecule has 1 amide bonds. The fourth-order valence-corrected chi connectivity index (χ4v) is 2.04. The molecule has 0 bridgehead atoms. The van der Waals surface area contributed by atoms with Gasteiger partial charge in [-0.2, -0.15) is 0 Å². The van der Waals surface area contributed by atoms with Gasteiger partial charge in [-0.25, -0.2) is 4.98 Å². The summed E-state index contributed by atoms with van der Waals surface area (Å²) in [5.41, 5.74) is 3.94. The second-order valence-electron chi connectivity index (χ2n) is 4.88. The maximum Gasteiger partial charge on any atom is 0.255 e. The predicted molar refractivity (Wildman–Crippen MR) is 84.8 cm³/mol. The number of rotatable bonds is 4. The molecule has 0 fully saturated rings. The number of nitrogens with one attached hydrogen (secondary N) is 2. The first-order chi connectivity index (χ1) is 10.0. The van der Waals surface area contributed by atoms with Gasteiger partial charge in [0.05, 0.1) is 11.4 Å². The summed E-state index contributed by atoms with van der Waals surface area (Å²) in [6, 6.07) is 7.31. The number of pyridine rings is 2. The summed E-state index contributed by atoms with van der Waals surface area (Å²) in [6.45, 7) is 5.82. The summed E-state index contributed by atoms with van der Waals surface area (Å²) in [5.74, 6) is 0.538. The zero-order chi connectivity index (χ0) is 15.4. The Morgan fingerprint density at radius 3 is 2.57 bits per heavy atom. The van der Waals surface area contributed by atoms with Crippen molar-refractivity contribution in [3.8, 4) is 0 Å². The van der Waals surface area contributed by atoms with Crippen LogP contribution in [-0.4, -0.2) is 22.9 Å². The Hall–Kier alpha value is -2.43. The van der Waals surface area contributed by atoms with Gasteiger partial charge in [-0.05, 0) is 44.5 Å². The molecule has 5 nitrogen and oxygen atoms in total. The van der Waals surface area contributed by atoms with Crippen LogP contribution in [-0.2, 0) is 6.42 Å². The lowest BCUT2D eigenvalue weighted by molar-refractivity contribution is 0.102. The van der Waals surface area contributed by atoms with Crippen molar-refractivity contribution in [3.63, 3.8) is 0 Å². The van der Waals surface area contributed by atoms with Crippen LogP contribution >= 0.6 is 0 Å². The van der Waals surface area contributed by atoms with Gasteiger partial charge in [0.1, 0.15) is 5.82 Å². The van der Waals surface area contributed by atoms with Crippen LogP contribution in [0.5, 0.6) is 0 Å². The Labute approximate surface area is 124 Å². The molecule has 5 heteroatoms. The van der Waals surface area contributed by atoms with Crippen LogP contribution in [0.3, 0.4) is 0 Å². The van der Waals surface area contributed by atoms with Crippen LogP contribution in [0.1, 0.15) is 34.4 Å². The minimum absolute atomic E-state index is 0.155. The summed E-state index contributed by atoms with van der Waals surface area (Å²) in [5, 5.41) is 5.88. The van der Waals surface area contributed by atoms with E-state index in [1.165, 1.54) is 0 Å². The Kier molecular flexibility index (Phi) is 4.52. The molecule has 110 valence electrons. The maximum absolute atomic E-state index is 12.4. The zero-order valence-corrected chi connectivity index (χ0v) is 12.8. The Bertz CT molecular complexity index is 645. The summed E-state index contributed by atoms with van der Waals surface area (Å²) in [6.07, 6.45) is 0.779. The molecule has 2 N–H and O–H groups in total. The molecule has 2 aromatic rings. The molecule has 0 aliphatic rings. The topological polar surface area (TPSA) is 66.9 Å². The van der Waals surface area contributed by atoms with Gasteiger partial charge in [0, 0.05) is 24.0 Å². The van der Waals surface area contributed by atoms with Crippen LogP contribution in [0, 0.1) is 13.8 Å². The van der Waals surface area contributed by atoms with Crippen molar-refractivity contribution in [1.29, 1.82) is 0 Å². The molecule has 0 spiro atoms. The highest BCUT2D eigenvalue weighted by Gasteiger charge is 2.11. The lowest BCUT2D eigenvalue weighted by atomic mass is 10.1. The molecule has 0 unspecified atom stereocenters. The Balaban J connectivity index is 2.27. The summed E-state index contributed by atoms with van der Waals surface area (Å²) < 4.78 is 0. The van der Waals surface area contributed by atoms with Gasteiger partial charge in [0.2, 0.25) is 0 Å². The van der Waals surface area contributed by atoms with Crippen LogP contribution < -0.4 is 10.6 Å². The molecule has 0 aromatic carbocycles. The van der Waals surface area contributed by atoms with Crippen molar-refractivity contribution in [1.82, 2.24) is 9.97 Å². The fraction of sp³-hybridized carbons (Fsp3) is 0.312. The smallest absolute Gasteiger partial charge is 0.255 e. The highest BCUT2D eigenvalue weighted by atomic mass is 16.1. The molecule has 0 radical (unpaired) electrons. The normalized spacial score (nSPS) is 10.3. The second-order valence-corrected chi connectivity index (χ2v) is 4.88. The number of aromatic nitrogens is 2. The van der Waals surface area contributed by atoms with E-state index in [9.17, 15) is 4.79 Å². The number of carbonyl (C=O) groups is 1. The molecular weight excluding hydrogens is 264 g/mol. The summed E-state index contributed by atoms with van der Waals surface area (Å²) in [4.78, 5) is 21.1. The molecule has 0 aliphatic heterocycles. The highest BCUT2D eigenvalue weighted by molar-refractivity contribution is 6.05. The van der Waals surface area contributed by atoms with Gasteiger partial charge in [0.15, 0.2) is 0 Å². The van der Waals surface area contributed by atoms with E-state index in [0.717, 1.165) is 29.2 Å².